The van der Waals surface area contributed by atoms with Gasteiger partial charge in [-0.25, -0.2) is 4.98 Å². The lowest BCUT2D eigenvalue weighted by Gasteiger charge is -2.09. The zero-order valence-electron chi connectivity index (χ0n) is 12.2. The molecule has 0 aliphatic carbocycles. The number of pyridine rings is 1. The number of rotatable bonds is 3. The Hall–Kier alpha value is -2.21. The van der Waals surface area contributed by atoms with E-state index in [2.05, 4.69) is 31.3 Å². The van der Waals surface area contributed by atoms with E-state index in [0.717, 1.165) is 16.6 Å². The van der Waals surface area contributed by atoms with Crippen LogP contribution in [0.15, 0.2) is 42.5 Å². The molecule has 112 valence electrons. The number of hydrogen-bond acceptors (Lipinski definition) is 3. The number of nitrogens with one attached hydrogen (secondary N) is 1. The first-order chi connectivity index (χ1) is 10.5. The van der Waals surface area contributed by atoms with Gasteiger partial charge in [-0.1, -0.05) is 34.1 Å². The normalized spacial score (nSPS) is 12.3. The first-order valence-corrected chi connectivity index (χ1v) is 7.84. The Morgan fingerprint density at radius 3 is 2.82 bits per heavy atom. The molecule has 0 aliphatic rings. The quantitative estimate of drug-likeness (QED) is 0.729. The Balaban J connectivity index is 2.04. The van der Waals surface area contributed by atoms with Crippen LogP contribution >= 0.6 is 15.9 Å². The molecule has 22 heavy (non-hydrogen) atoms. The maximum atomic E-state index is 11.9. The molecule has 0 saturated carbocycles. The smallest absolute Gasteiger partial charge is 0.239 e. The highest BCUT2D eigenvalue weighted by molar-refractivity contribution is 9.10. The van der Waals surface area contributed by atoms with Gasteiger partial charge in [0.05, 0.1) is 16.0 Å². The second-order valence-electron chi connectivity index (χ2n) is 5.05. The van der Waals surface area contributed by atoms with E-state index in [4.69, 9.17) is 0 Å². The average molecular weight is 359 g/mol. The lowest BCUT2D eigenvalue weighted by atomic mass is 10.2. The lowest BCUT2D eigenvalue weighted by Crippen LogP contribution is -2.22. The Labute approximate surface area is 136 Å². The summed E-state index contributed by atoms with van der Waals surface area (Å²) in [6.45, 7) is 3.65. The fourth-order valence-corrected chi connectivity index (χ4v) is 2.28. The highest BCUT2D eigenvalue weighted by Crippen LogP contribution is 2.19. The fraction of sp³-hybridized carbons (Fsp3) is 0.188. The van der Waals surface area contributed by atoms with Crippen LogP contribution in [0, 0.1) is 6.92 Å². The second-order valence-corrected chi connectivity index (χ2v) is 6.42. The molecule has 5 nitrogen and oxygen atoms in total. The van der Waals surface area contributed by atoms with Crippen LogP contribution in [0.4, 0.5) is 5.82 Å². The Morgan fingerprint density at radius 2 is 2.05 bits per heavy atom. The van der Waals surface area contributed by atoms with Gasteiger partial charge in [-0.15, -0.1) is 0 Å². The highest BCUT2D eigenvalue weighted by atomic mass is 79.9. The van der Waals surface area contributed by atoms with Gasteiger partial charge in [-0.3, -0.25) is 4.79 Å². The zero-order valence-corrected chi connectivity index (χ0v) is 13.8. The SMILES string of the molecule is Cc1cc(NC(=O)C(C)Br)n(-c2ccc3ccccc3n2)n1. The summed E-state index contributed by atoms with van der Waals surface area (Å²) in [6, 6.07) is 13.6. The molecule has 3 rings (SSSR count). The van der Waals surface area contributed by atoms with Gasteiger partial charge in [0.15, 0.2) is 5.82 Å². The van der Waals surface area contributed by atoms with Crippen molar-refractivity contribution in [3.63, 3.8) is 0 Å². The minimum Gasteiger partial charge on any atom is -0.310 e. The van der Waals surface area contributed by atoms with E-state index in [1.165, 1.54) is 0 Å². The van der Waals surface area contributed by atoms with E-state index in [9.17, 15) is 4.79 Å². The second kappa shape index (κ2) is 5.88. The minimum atomic E-state index is -0.277. The molecule has 1 aromatic carbocycles. The largest absolute Gasteiger partial charge is 0.310 e. The Morgan fingerprint density at radius 1 is 1.27 bits per heavy atom. The van der Waals surface area contributed by atoms with Gasteiger partial charge in [0.2, 0.25) is 5.91 Å². The van der Waals surface area contributed by atoms with E-state index >= 15 is 0 Å². The summed E-state index contributed by atoms with van der Waals surface area (Å²) in [7, 11) is 0. The number of benzene rings is 1. The molecule has 0 radical (unpaired) electrons. The number of alkyl halides is 1. The molecule has 1 unspecified atom stereocenters. The maximum absolute atomic E-state index is 11.9. The van der Waals surface area contributed by atoms with Crippen molar-refractivity contribution in [1.82, 2.24) is 14.8 Å². The summed E-state index contributed by atoms with van der Waals surface area (Å²) in [5, 5.41) is 8.34. The number of carbonyl (C=O) groups is 1. The molecule has 0 bridgehead atoms. The molecule has 1 amide bonds. The van der Waals surface area contributed by atoms with E-state index in [-0.39, 0.29) is 10.7 Å². The van der Waals surface area contributed by atoms with Crippen molar-refractivity contribution in [1.29, 1.82) is 0 Å². The number of hydrogen-bond donors (Lipinski definition) is 1. The third-order valence-corrected chi connectivity index (χ3v) is 3.66. The minimum absolute atomic E-state index is 0.123. The number of para-hydroxylation sites is 1. The lowest BCUT2D eigenvalue weighted by molar-refractivity contribution is -0.115. The number of aromatic nitrogens is 3. The average Bonchev–Trinajstić information content (AvgIpc) is 2.87. The molecule has 0 spiro atoms. The molecular formula is C16H15BrN4O. The van der Waals surface area contributed by atoms with Crippen LogP contribution < -0.4 is 5.32 Å². The van der Waals surface area contributed by atoms with Crippen LogP contribution in [-0.2, 0) is 4.79 Å². The molecular weight excluding hydrogens is 344 g/mol. The van der Waals surface area contributed by atoms with Gasteiger partial charge in [-0.2, -0.15) is 9.78 Å². The maximum Gasteiger partial charge on any atom is 0.239 e. The molecule has 1 atom stereocenters. The van der Waals surface area contributed by atoms with Crippen LogP contribution in [0.2, 0.25) is 0 Å². The van der Waals surface area contributed by atoms with Crippen molar-refractivity contribution in [2.75, 3.05) is 5.32 Å². The molecule has 3 aromatic rings. The molecule has 0 aliphatic heterocycles. The third kappa shape index (κ3) is 2.87. The molecule has 2 heterocycles. The summed E-state index contributed by atoms with van der Waals surface area (Å²) < 4.78 is 1.65. The first-order valence-electron chi connectivity index (χ1n) is 6.92. The van der Waals surface area contributed by atoms with Gasteiger partial charge >= 0.3 is 0 Å². The van der Waals surface area contributed by atoms with Crippen molar-refractivity contribution in [2.45, 2.75) is 18.7 Å². The summed E-state index contributed by atoms with van der Waals surface area (Å²) in [6.07, 6.45) is 0. The molecule has 2 aromatic heterocycles. The van der Waals surface area contributed by atoms with Crippen LogP contribution in [0.1, 0.15) is 12.6 Å². The topological polar surface area (TPSA) is 59.8 Å². The van der Waals surface area contributed by atoms with E-state index in [0.29, 0.717) is 11.6 Å². The summed E-state index contributed by atoms with van der Waals surface area (Å²) in [5.41, 5.74) is 1.70. The molecule has 0 fully saturated rings. The number of fused-ring (bicyclic) bond motifs is 1. The van der Waals surface area contributed by atoms with Crippen molar-refractivity contribution in [3.8, 4) is 5.82 Å². The Kier molecular flexibility index (Phi) is 3.94. The number of amides is 1. The summed E-state index contributed by atoms with van der Waals surface area (Å²) in [5.74, 6) is 1.16. The van der Waals surface area contributed by atoms with Gasteiger partial charge in [0.25, 0.3) is 0 Å². The van der Waals surface area contributed by atoms with E-state index < -0.39 is 0 Å². The van der Waals surface area contributed by atoms with Crippen LogP contribution in [0.5, 0.6) is 0 Å². The predicted octanol–water partition coefficient (Wildman–Crippen LogP) is 3.45. The number of halogens is 1. The van der Waals surface area contributed by atoms with Gasteiger partial charge in [-0.05, 0) is 32.0 Å². The fourth-order valence-electron chi connectivity index (χ4n) is 2.16. The summed E-state index contributed by atoms with van der Waals surface area (Å²) in [4.78, 5) is 16.2. The number of nitrogens with zero attached hydrogens (tertiary/aromatic N) is 3. The van der Waals surface area contributed by atoms with Gasteiger partial charge in [0, 0.05) is 11.5 Å². The molecule has 6 heteroatoms. The van der Waals surface area contributed by atoms with Crippen molar-refractivity contribution in [3.05, 3.63) is 48.2 Å². The van der Waals surface area contributed by atoms with E-state index in [1.807, 2.05) is 49.4 Å². The van der Waals surface area contributed by atoms with Crippen LogP contribution in [0.25, 0.3) is 16.7 Å². The highest BCUT2D eigenvalue weighted by Gasteiger charge is 2.14. The van der Waals surface area contributed by atoms with Crippen molar-refractivity contribution in [2.24, 2.45) is 0 Å². The number of anilines is 1. The molecule has 0 saturated heterocycles. The van der Waals surface area contributed by atoms with Gasteiger partial charge in [0.1, 0.15) is 5.82 Å². The van der Waals surface area contributed by atoms with Crippen LogP contribution in [-0.4, -0.2) is 25.5 Å². The molecule has 1 N–H and O–H groups in total. The zero-order chi connectivity index (χ0) is 15.7. The van der Waals surface area contributed by atoms with Crippen molar-refractivity contribution >= 4 is 38.6 Å². The monoisotopic (exact) mass is 358 g/mol. The Bertz CT molecular complexity index is 841. The van der Waals surface area contributed by atoms with Crippen LogP contribution in [0.3, 0.4) is 0 Å². The number of aryl methyl sites for hydroxylation is 1. The van der Waals surface area contributed by atoms with Gasteiger partial charge < -0.3 is 5.32 Å². The predicted molar refractivity (Wildman–Crippen MR) is 90.6 cm³/mol. The third-order valence-electron chi connectivity index (χ3n) is 3.24. The standard InChI is InChI=1S/C16H15BrN4O/c1-10-9-15(19-16(22)11(2)17)21(20-10)14-8-7-12-5-3-4-6-13(12)18-14/h3-9,11H,1-2H3,(H,19,22). The number of carbonyl (C=O) groups excluding carboxylic acids is 1. The van der Waals surface area contributed by atoms with E-state index in [1.54, 1.807) is 11.6 Å². The summed E-state index contributed by atoms with van der Waals surface area (Å²) >= 11 is 3.26. The first kappa shape index (κ1) is 14.7. The van der Waals surface area contributed by atoms with Crippen molar-refractivity contribution < 1.29 is 4.79 Å².